The number of fused-ring (bicyclic) bond motifs is 1. The number of anilines is 1. The number of aromatic amines is 1. The monoisotopic (exact) mass is 288 g/mol. The molecule has 1 aromatic heterocycles. The van der Waals surface area contributed by atoms with E-state index in [4.69, 9.17) is 0 Å². The SMILES string of the molecule is CC(C)(O)CN1CCCN(c2nc3ccccc3[nH]2)CC1. The van der Waals surface area contributed by atoms with Crippen molar-refractivity contribution in [2.45, 2.75) is 25.9 Å². The summed E-state index contributed by atoms with van der Waals surface area (Å²) in [6, 6.07) is 8.14. The van der Waals surface area contributed by atoms with E-state index in [1.165, 1.54) is 0 Å². The van der Waals surface area contributed by atoms with E-state index < -0.39 is 5.60 Å². The third kappa shape index (κ3) is 3.54. The van der Waals surface area contributed by atoms with Crippen LogP contribution in [-0.4, -0.2) is 58.3 Å². The Bertz CT molecular complexity index is 569. The fourth-order valence-corrected chi connectivity index (χ4v) is 2.98. The van der Waals surface area contributed by atoms with E-state index in [0.29, 0.717) is 0 Å². The van der Waals surface area contributed by atoms with Crippen LogP contribution in [0.4, 0.5) is 5.95 Å². The molecule has 0 bridgehead atoms. The third-order valence-electron chi connectivity index (χ3n) is 3.88. The van der Waals surface area contributed by atoms with Crippen LogP contribution in [-0.2, 0) is 0 Å². The van der Waals surface area contributed by atoms with Gasteiger partial charge in [0.25, 0.3) is 0 Å². The summed E-state index contributed by atoms with van der Waals surface area (Å²) < 4.78 is 0. The summed E-state index contributed by atoms with van der Waals surface area (Å²) in [5.74, 6) is 0.960. The first-order valence-corrected chi connectivity index (χ1v) is 7.66. The summed E-state index contributed by atoms with van der Waals surface area (Å²) in [5, 5.41) is 9.97. The number of nitrogens with zero attached hydrogens (tertiary/aromatic N) is 3. The van der Waals surface area contributed by atoms with Gasteiger partial charge in [-0.1, -0.05) is 12.1 Å². The topological polar surface area (TPSA) is 55.4 Å². The van der Waals surface area contributed by atoms with Crippen LogP contribution in [0.25, 0.3) is 11.0 Å². The van der Waals surface area contributed by atoms with E-state index >= 15 is 0 Å². The quantitative estimate of drug-likeness (QED) is 0.905. The van der Waals surface area contributed by atoms with Crippen molar-refractivity contribution in [3.63, 3.8) is 0 Å². The lowest BCUT2D eigenvalue weighted by Crippen LogP contribution is -2.40. The molecule has 1 aromatic carbocycles. The summed E-state index contributed by atoms with van der Waals surface area (Å²) in [6.07, 6.45) is 1.09. The van der Waals surface area contributed by atoms with E-state index in [1.54, 1.807) is 0 Å². The van der Waals surface area contributed by atoms with Crippen molar-refractivity contribution in [3.8, 4) is 0 Å². The second-order valence-electron chi connectivity index (χ2n) is 6.51. The van der Waals surface area contributed by atoms with Gasteiger partial charge in [-0.25, -0.2) is 4.98 Å². The van der Waals surface area contributed by atoms with Gasteiger partial charge in [-0.2, -0.15) is 0 Å². The van der Waals surface area contributed by atoms with Gasteiger partial charge in [0, 0.05) is 32.7 Å². The maximum atomic E-state index is 9.97. The molecule has 0 atom stereocenters. The van der Waals surface area contributed by atoms with Crippen molar-refractivity contribution in [1.29, 1.82) is 0 Å². The molecule has 1 aliphatic heterocycles. The Labute approximate surface area is 125 Å². The van der Waals surface area contributed by atoms with E-state index in [9.17, 15) is 5.11 Å². The number of H-pyrrole nitrogens is 1. The Kier molecular flexibility index (Phi) is 3.87. The molecule has 0 unspecified atom stereocenters. The molecule has 1 aliphatic rings. The Morgan fingerprint density at radius 2 is 2.00 bits per heavy atom. The highest BCUT2D eigenvalue weighted by Gasteiger charge is 2.22. The molecule has 1 fully saturated rings. The highest BCUT2D eigenvalue weighted by atomic mass is 16.3. The number of β-amino-alcohol motifs (C(OH)–C–C–N with tert-alkyl or cyclic N) is 1. The van der Waals surface area contributed by atoms with E-state index in [1.807, 2.05) is 32.0 Å². The van der Waals surface area contributed by atoms with Gasteiger partial charge in [0.1, 0.15) is 0 Å². The van der Waals surface area contributed by atoms with Crippen LogP contribution in [0.5, 0.6) is 0 Å². The first kappa shape index (κ1) is 14.4. The van der Waals surface area contributed by atoms with E-state index in [-0.39, 0.29) is 0 Å². The number of benzene rings is 1. The fourth-order valence-electron chi connectivity index (χ4n) is 2.98. The van der Waals surface area contributed by atoms with Crippen LogP contribution < -0.4 is 4.90 Å². The molecule has 0 saturated carbocycles. The van der Waals surface area contributed by atoms with Crippen LogP contribution in [0, 0.1) is 0 Å². The van der Waals surface area contributed by atoms with Crippen molar-refractivity contribution < 1.29 is 5.11 Å². The number of hydrogen-bond acceptors (Lipinski definition) is 4. The molecule has 2 heterocycles. The predicted octanol–water partition coefficient (Wildman–Crippen LogP) is 1.85. The number of hydrogen-bond donors (Lipinski definition) is 2. The minimum absolute atomic E-state index is 0.630. The Balaban J connectivity index is 1.69. The Morgan fingerprint density at radius 1 is 1.19 bits per heavy atom. The van der Waals surface area contributed by atoms with Gasteiger partial charge in [0.05, 0.1) is 16.6 Å². The standard InChI is InChI=1S/C16H24N4O/c1-16(2,21)12-19-8-5-9-20(11-10-19)15-17-13-6-3-4-7-14(13)18-15/h3-4,6-7,21H,5,8-12H2,1-2H3,(H,17,18). The molecule has 3 rings (SSSR count). The molecule has 0 amide bonds. The number of nitrogens with one attached hydrogen (secondary N) is 1. The van der Waals surface area contributed by atoms with Gasteiger partial charge in [-0.05, 0) is 32.4 Å². The van der Waals surface area contributed by atoms with Gasteiger partial charge in [0.15, 0.2) is 0 Å². The van der Waals surface area contributed by atoms with Gasteiger partial charge in [-0.3, -0.25) is 4.90 Å². The maximum Gasteiger partial charge on any atom is 0.203 e. The second kappa shape index (κ2) is 5.66. The molecular weight excluding hydrogens is 264 g/mol. The van der Waals surface area contributed by atoms with Crippen LogP contribution in [0.15, 0.2) is 24.3 Å². The number of imidazole rings is 1. The smallest absolute Gasteiger partial charge is 0.203 e. The second-order valence-corrected chi connectivity index (χ2v) is 6.51. The lowest BCUT2D eigenvalue weighted by molar-refractivity contribution is 0.0385. The average Bonchev–Trinajstić information content (AvgIpc) is 2.71. The summed E-state index contributed by atoms with van der Waals surface area (Å²) in [4.78, 5) is 12.7. The predicted molar refractivity (Wildman–Crippen MR) is 85.7 cm³/mol. The van der Waals surface area contributed by atoms with Crippen molar-refractivity contribution in [1.82, 2.24) is 14.9 Å². The first-order valence-electron chi connectivity index (χ1n) is 7.66. The number of rotatable bonds is 3. The van der Waals surface area contributed by atoms with Crippen LogP contribution in [0.3, 0.4) is 0 Å². The molecule has 21 heavy (non-hydrogen) atoms. The number of aromatic nitrogens is 2. The lowest BCUT2D eigenvalue weighted by Gasteiger charge is -2.27. The first-order chi connectivity index (χ1) is 10.0. The van der Waals surface area contributed by atoms with E-state index in [2.05, 4.69) is 25.8 Å². The normalized spacial score (nSPS) is 18.1. The number of aliphatic hydroxyl groups is 1. The Morgan fingerprint density at radius 3 is 2.76 bits per heavy atom. The summed E-state index contributed by atoms with van der Waals surface area (Å²) in [6.45, 7) is 8.39. The molecule has 2 aromatic rings. The zero-order chi connectivity index (χ0) is 14.9. The van der Waals surface area contributed by atoms with Gasteiger partial charge < -0.3 is 15.0 Å². The van der Waals surface area contributed by atoms with Crippen molar-refractivity contribution >= 4 is 17.0 Å². The highest BCUT2D eigenvalue weighted by Crippen LogP contribution is 2.19. The molecule has 114 valence electrons. The highest BCUT2D eigenvalue weighted by molar-refractivity contribution is 5.77. The maximum absolute atomic E-state index is 9.97. The molecule has 1 saturated heterocycles. The molecule has 2 N–H and O–H groups in total. The van der Waals surface area contributed by atoms with Gasteiger partial charge in [0.2, 0.25) is 5.95 Å². The van der Waals surface area contributed by atoms with Crippen LogP contribution >= 0.6 is 0 Å². The minimum Gasteiger partial charge on any atom is -0.389 e. The minimum atomic E-state index is -0.630. The van der Waals surface area contributed by atoms with Gasteiger partial charge >= 0.3 is 0 Å². The molecule has 0 aliphatic carbocycles. The zero-order valence-electron chi connectivity index (χ0n) is 12.8. The molecule has 0 radical (unpaired) electrons. The van der Waals surface area contributed by atoms with Crippen molar-refractivity contribution in [3.05, 3.63) is 24.3 Å². The largest absolute Gasteiger partial charge is 0.389 e. The average molecular weight is 288 g/mol. The molecule has 5 heteroatoms. The zero-order valence-corrected chi connectivity index (χ0v) is 12.8. The Hall–Kier alpha value is -1.59. The summed E-state index contributed by atoms with van der Waals surface area (Å²) in [5.41, 5.74) is 1.48. The molecule has 0 spiro atoms. The lowest BCUT2D eigenvalue weighted by atomic mass is 10.1. The molecule has 5 nitrogen and oxygen atoms in total. The third-order valence-corrected chi connectivity index (χ3v) is 3.88. The van der Waals surface area contributed by atoms with Crippen molar-refractivity contribution in [2.24, 2.45) is 0 Å². The fraction of sp³-hybridized carbons (Fsp3) is 0.562. The van der Waals surface area contributed by atoms with Crippen molar-refractivity contribution in [2.75, 3.05) is 37.6 Å². The summed E-state index contributed by atoms with van der Waals surface area (Å²) >= 11 is 0. The van der Waals surface area contributed by atoms with Gasteiger partial charge in [-0.15, -0.1) is 0 Å². The summed E-state index contributed by atoms with van der Waals surface area (Å²) in [7, 11) is 0. The number of para-hydroxylation sites is 2. The van der Waals surface area contributed by atoms with Crippen LogP contribution in [0.1, 0.15) is 20.3 Å². The van der Waals surface area contributed by atoms with E-state index in [0.717, 1.165) is 56.1 Å². The molecular formula is C16H24N4O. The van der Waals surface area contributed by atoms with Crippen LogP contribution in [0.2, 0.25) is 0 Å².